The Morgan fingerprint density at radius 1 is 0.684 bits per heavy atom. The molecule has 0 aliphatic carbocycles. The van der Waals surface area contributed by atoms with Gasteiger partial charge in [0.1, 0.15) is 0 Å². The van der Waals surface area contributed by atoms with Gasteiger partial charge in [-0.2, -0.15) is 0 Å². The van der Waals surface area contributed by atoms with Gasteiger partial charge in [0.05, 0.1) is 0 Å². The summed E-state index contributed by atoms with van der Waals surface area (Å²) in [6.07, 6.45) is 0. The molecule has 0 unspecified atom stereocenters. The number of rotatable bonds is 1. The topological polar surface area (TPSA) is 0 Å². The molecule has 3 rings (SSSR count). The summed E-state index contributed by atoms with van der Waals surface area (Å²) in [5.41, 5.74) is 1.09. The van der Waals surface area contributed by atoms with Crippen molar-refractivity contribution < 1.29 is 0 Å². The molecule has 0 bridgehead atoms. The van der Waals surface area contributed by atoms with Gasteiger partial charge >= 0.3 is 119 Å². The summed E-state index contributed by atoms with van der Waals surface area (Å²) in [6.45, 7) is 0. The molecule has 0 heterocycles. The summed E-state index contributed by atoms with van der Waals surface area (Å²) in [5, 5.41) is 2.62. The first-order valence-electron chi connectivity index (χ1n) is 6.14. The summed E-state index contributed by atoms with van der Waals surface area (Å²) in [4.78, 5) is 3.32. The van der Waals surface area contributed by atoms with Crippen molar-refractivity contribution in [1.29, 1.82) is 0 Å². The van der Waals surface area contributed by atoms with Crippen molar-refractivity contribution in [2.24, 2.45) is 0 Å². The van der Waals surface area contributed by atoms with Gasteiger partial charge in [0.15, 0.2) is 0 Å². The molecule has 0 saturated heterocycles. The third-order valence-electron chi connectivity index (χ3n) is 2.88. The Labute approximate surface area is 119 Å². The van der Waals surface area contributed by atoms with Crippen LogP contribution in [0.15, 0.2) is 72.8 Å². The van der Waals surface area contributed by atoms with Gasteiger partial charge in [-0.1, -0.05) is 0 Å². The summed E-state index contributed by atoms with van der Waals surface area (Å²) >= 11 is 0.191. The first-order valence-corrected chi connectivity index (χ1v) is 7.85. The Morgan fingerprint density at radius 3 is 2.32 bits per heavy atom. The SMILES string of the molecule is C(#Cc1ccccc1)[Se]c1cccc2ccccc12. The molecule has 0 atom stereocenters. The molecule has 90 valence electrons. The summed E-state index contributed by atoms with van der Waals surface area (Å²) in [5.74, 6) is 3.24. The Hall–Kier alpha value is -2.00. The minimum atomic E-state index is 0.191. The van der Waals surface area contributed by atoms with Gasteiger partial charge in [0.25, 0.3) is 0 Å². The molecule has 3 aromatic rings. The zero-order chi connectivity index (χ0) is 12.9. The third-order valence-corrected chi connectivity index (χ3v) is 4.52. The number of benzene rings is 3. The quantitative estimate of drug-likeness (QED) is 0.478. The van der Waals surface area contributed by atoms with Crippen LogP contribution in [0.5, 0.6) is 0 Å². The minimum absolute atomic E-state index is 0.191. The number of hydrogen-bond acceptors (Lipinski definition) is 0. The number of hydrogen-bond donors (Lipinski definition) is 0. The van der Waals surface area contributed by atoms with E-state index in [1.165, 1.54) is 15.2 Å². The van der Waals surface area contributed by atoms with E-state index < -0.39 is 0 Å². The second-order valence-electron chi connectivity index (χ2n) is 4.17. The third kappa shape index (κ3) is 2.88. The van der Waals surface area contributed by atoms with Gasteiger partial charge in [0.2, 0.25) is 0 Å². The Kier molecular flexibility index (Phi) is 3.65. The molecule has 0 fully saturated rings. The summed E-state index contributed by atoms with van der Waals surface area (Å²) < 4.78 is 1.36. The van der Waals surface area contributed by atoms with E-state index >= 15 is 0 Å². The maximum atomic E-state index is 3.32. The molecular weight excluding hydrogens is 295 g/mol. The molecule has 0 aliphatic heterocycles. The van der Waals surface area contributed by atoms with Crippen LogP contribution in [0.1, 0.15) is 5.56 Å². The second-order valence-corrected chi connectivity index (χ2v) is 5.95. The fourth-order valence-electron chi connectivity index (χ4n) is 1.95. The van der Waals surface area contributed by atoms with Gasteiger partial charge in [-0.3, -0.25) is 0 Å². The van der Waals surface area contributed by atoms with Crippen LogP contribution in [0, 0.1) is 10.7 Å². The molecule has 1 heteroatoms. The van der Waals surface area contributed by atoms with Crippen molar-refractivity contribution in [3.8, 4) is 10.7 Å². The van der Waals surface area contributed by atoms with Crippen LogP contribution in [0.2, 0.25) is 0 Å². The standard InChI is InChI=1S/C18H12Se/c1-2-7-15(8-3-1)13-14-19-18-12-6-10-16-9-4-5-11-17(16)18/h1-12H. The zero-order valence-electron chi connectivity index (χ0n) is 10.3. The predicted molar refractivity (Wildman–Crippen MR) is 82.7 cm³/mol. The number of fused-ring (bicyclic) bond motifs is 1. The summed E-state index contributed by atoms with van der Waals surface area (Å²) in [7, 11) is 0. The molecule has 3 aromatic carbocycles. The van der Waals surface area contributed by atoms with Crippen molar-refractivity contribution in [3.63, 3.8) is 0 Å². The van der Waals surface area contributed by atoms with Gasteiger partial charge in [-0.05, 0) is 0 Å². The van der Waals surface area contributed by atoms with Gasteiger partial charge in [-0.25, -0.2) is 0 Å². The van der Waals surface area contributed by atoms with Crippen LogP contribution in [0.3, 0.4) is 0 Å². The van der Waals surface area contributed by atoms with E-state index in [1.54, 1.807) is 0 Å². The Bertz CT molecular complexity index is 743. The molecule has 0 amide bonds. The van der Waals surface area contributed by atoms with Crippen molar-refractivity contribution in [1.82, 2.24) is 0 Å². The first kappa shape index (κ1) is 12.1. The van der Waals surface area contributed by atoms with E-state index in [2.05, 4.69) is 53.2 Å². The van der Waals surface area contributed by atoms with E-state index in [-0.39, 0.29) is 15.0 Å². The zero-order valence-corrected chi connectivity index (χ0v) is 12.0. The van der Waals surface area contributed by atoms with Crippen molar-refractivity contribution in [3.05, 3.63) is 78.4 Å². The van der Waals surface area contributed by atoms with Crippen molar-refractivity contribution in [2.75, 3.05) is 0 Å². The fraction of sp³-hybridized carbons (Fsp3) is 0. The average Bonchev–Trinajstić information content (AvgIpc) is 2.49. The van der Waals surface area contributed by atoms with E-state index in [9.17, 15) is 0 Å². The summed E-state index contributed by atoms with van der Waals surface area (Å²) in [6, 6.07) is 25.1. The van der Waals surface area contributed by atoms with Crippen LogP contribution in [0.25, 0.3) is 10.8 Å². The molecule has 0 saturated carbocycles. The fourth-order valence-corrected chi connectivity index (χ4v) is 3.46. The Morgan fingerprint density at radius 2 is 1.42 bits per heavy atom. The van der Waals surface area contributed by atoms with Gasteiger partial charge < -0.3 is 0 Å². The van der Waals surface area contributed by atoms with E-state index in [0.717, 1.165) is 5.56 Å². The molecule has 0 nitrogen and oxygen atoms in total. The average molecular weight is 307 g/mol. The van der Waals surface area contributed by atoms with Crippen molar-refractivity contribution in [2.45, 2.75) is 0 Å². The predicted octanol–water partition coefficient (Wildman–Crippen LogP) is 3.18. The monoisotopic (exact) mass is 308 g/mol. The second kappa shape index (κ2) is 5.76. The molecule has 19 heavy (non-hydrogen) atoms. The van der Waals surface area contributed by atoms with Crippen LogP contribution >= 0.6 is 0 Å². The maximum absolute atomic E-state index is 3.32. The molecule has 0 aromatic heterocycles. The first-order chi connectivity index (χ1) is 9.43. The Balaban J connectivity index is 1.89. The van der Waals surface area contributed by atoms with E-state index in [0.29, 0.717) is 0 Å². The van der Waals surface area contributed by atoms with E-state index in [4.69, 9.17) is 0 Å². The molecule has 0 N–H and O–H groups in total. The van der Waals surface area contributed by atoms with Crippen molar-refractivity contribution >= 4 is 30.2 Å². The molecule has 0 radical (unpaired) electrons. The van der Waals surface area contributed by atoms with Crippen LogP contribution < -0.4 is 4.46 Å². The van der Waals surface area contributed by atoms with Gasteiger partial charge in [0, 0.05) is 0 Å². The molecular formula is C18H12Se. The van der Waals surface area contributed by atoms with Crippen LogP contribution in [-0.4, -0.2) is 15.0 Å². The molecule has 0 spiro atoms. The van der Waals surface area contributed by atoms with Crippen LogP contribution in [0.4, 0.5) is 0 Å². The van der Waals surface area contributed by atoms with Crippen LogP contribution in [-0.2, 0) is 0 Å². The van der Waals surface area contributed by atoms with E-state index in [1.807, 2.05) is 30.3 Å². The van der Waals surface area contributed by atoms with Gasteiger partial charge in [-0.15, -0.1) is 0 Å². The molecule has 0 aliphatic rings. The normalized spacial score (nSPS) is 9.89.